The van der Waals surface area contributed by atoms with Crippen molar-refractivity contribution in [2.24, 2.45) is 0 Å². The smallest absolute Gasteiger partial charge is 0.274 e. The zero-order valence-electron chi connectivity index (χ0n) is 17.1. The first-order valence-corrected chi connectivity index (χ1v) is 10.7. The fraction of sp³-hybridized carbons (Fsp3) is 0.120. The van der Waals surface area contributed by atoms with Gasteiger partial charge in [0.2, 0.25) is 0 Å². The third kappa shape index (κ3) is 3.59. The van der Waals surface area contributed by atoms with Gasteiger partial charge in [-0.05, 0) is 66.9 Å². The summed E-state index contributed by atoms with van der Waals surface area (Å²) in [5, 5.41) is 0. The summed E-state index contributed by atoms with van der Waals surface area (Å²) in [4.78, 5) is 18.3. The van der Waals surface area contributed by atoms with Gasteiger partial charge in [-0.25, -0.2) is 13.8 Å². The standard InChI is InChI=1S/C25H19FN2O2S/c1-15-11-21-22(12-16(15)2)28-24(29)23(31-25(28)27-21)13-17-7-9-19(10-8-17)30-14-18-5-3-4-6-20(18)26/h3-13H,14H2,1-2H3/b23-13-. The van der Waals surface area contributed by atoms with Gasteiger partial charge >= 0.3 is 0 Å². The van der Waals surface area contributed by atoms with Crippen LogP contribution in [0.1, 0.15) is 22.3 Å². The van der Waals surface area contributed by atoms with Crippen LogP contribution in [0.3, 0.4) is 0 Å². The molecule has 154 valence electrons. The van der Waals surface area contributed by atoms with E-state index in [4.69, 9.17) is 4.74 Å². The van der Waals surface area contributed by atoms with Crippen molar-refractivity contribution in [3.8, 4) is 5.75 Å². The van der Waals surface area contributed by atoms with Gasteiger partial charge in [0.05, 0.1) is 15.6 Å². The maximum absolute atomic E-state index is 13.7. The van der Waals surface area contributed by atoms with Crippen LogP contribution < -0.4 is 14.8 Å². The second-order valence-corrected chi connectivity index (χ2v) is 8.53. The number of imidazole rings is 1. The molecule has 2 aromatic heterocycles. The van der Waals surface area contributed by atoms with Crippen LogP contribution >= 0.6 is 11.3 Å². The molecular weight excluding hydrogens is 411 g/mol. The van der Waals surface area contributed by atoms with E-state index in [1.807, 2.05) is 56.3 Å². The van der Waals surface area contributed by atoms with E-state index in [-0.39, 0.29) is 18.0 Å². The Morgan fingerprint density at radius 1 is 1.06 bits per heavy atom. The molecule has 0 aliphatic carbocycles. The number of nitrogens with zero attached hydrogens (tertiary/aromatic N) is 2. The molecule has 0 amide bonds. The summed E-state index contributed by atoms with van der Waals surface area (Å²) >= 11 is 1.38. The van der Waals surface area contributed by atoms with Crippen molar-refractivity contribution < 1.29 is 9.13 Å². The zero-order chi connectivity index (χ0) is 21.5. The number of hydrogen-bond acceptors (Lipinski definition) is 4. The Hall–Kier alpha value is -3.51. The summed E-state index contributed by atoms with van der Waals surface area (Å²) in [6, 6.07) is 18.0. The number of benzene rings is 3. The van der Waals surface area contributed by atoms with Crippen molar-refractivity contribution in [2.75, 3.05) is 0 Å². The fourth-order valence-electron chi connectivity index (χ4n) is 3.51. The van der Waals surface area contributed by atoms with Gasteiger partial charge in [0.25, 0.3) is 5.56 Å². The summed E-state index contributed by atoms with van der Waals surface area (Å²) < 4.78 is 21.7. The predicted molar refractivity (Wildman–Crippen MR) is 122 cm³/mol. The molecule has 0 aliphatic rings. The Morgan fingerprint density at radius 2 is 1.81 bits per heavy atom. The first kappa shape index (κ1) is 19.5. The maximum Gasteiger partial charge on any atom is 0.274 e. The third-order valence-electron chi connectivity index (χ3n) is 5.38. The molecule has 0 N–H and O–H groups in total. The number of rotatable bonds is 4. The highest BCUT2D eigenvalue weighted by molar-refractivity contribution is 7.15. The molecule has 0 saturated carbocycles. The highest BCUT2D eigenvalue weighted by Crippen LogP contribution is 2.21. The largest absolute Gasteiger partial charge is 0.489 e. The Bertz CT molecular complexity index is 1530. The van der Waals surface area contributed by atoms with Crippen LogP contribution in [0.4, 0.5) is 4.39 Å². The molecule has 31 heavy (non-hydrogen) atoms. The number of aromatic nitrogens is 2. The van der Waals surface area contributed by atoms with Gasteiger partial charge in [-0.2, -0.15) is 0 Å². The van der Waals surface area contributed by atoms with E-state index in [1.165, 1.54) is 17.4 Å². The molecule has 6 heteroatoms. The first-order chi connectivity index (χ1) is 15.0. The van der Waals surface area contributed by atoms with E-state index >= 15 is 0 Å². The SMILES string of the molecule is Cc1cc2nc3s/c(=C\c4ccc(OCc5ccccc5F)cc4)c(=O)n3c2cc1C. The van der Waals surface area contributed by atoms with Crippen LogP contribution in [0.2, 0.25) is 0 Å². The minimum absolute atomic E-state index is 0.0642. The van der Waals surface area contributed by atoms with E-state index in [0.717, 1.165) is 27.7 Å². The lowest BCUT2D eigenvalue weighted by atomic mass is 10.1. The number of hydrogen-bond donors (Lipinski definition) is 0. The summed E-state index contributed by atoms with van der Waals surface area (Å²) in [5.74, 6) is 0.358. The maximum atomic E-state index is 13.7. The van der Waals surface area contributed by atoms with Gasteiger partial charge in [-0.3, -0.25) is 4.79 Å². The third-order valence-corrected chi connectivity index (χ3v) is 6.35. The summed E-state index contributed by atoms with van der Waals surface area (Å²) in [6.45, 7) is 4.24. The molecule has 0 atom stereocenters. The Kier molecular flexibility index (Phi) is 4.79. The van der Waals surface area contributed by atoms with Crippen LogP contribution in [0.25, 0.3) is 22.1 Å². The van der Waals surface area contributed by atoms with E-state index in [0.29, 0.717) is 20.8 Å². The van der Waals surface area contributed by atoms with Crippen molar-refractivity contribution in [1.29, 1.82) is 0 Å². The van der Waals surface area contributed by atoms with Crippen LogP contribution in [0.5, 0.6) is 5.75 Å². The number of ether oxygens (including phenoxy) is 1. The van der Waals surface area contributed by atoms with Crippen molar-refractivity contribution in [1.82, 2.24) is 9.38 Å². The predicted octanol–water partition coefficient (Wildman–Crippen LogP) is 4.79. The van der Waals surface area contributed by atoms with E-state index in [2.05, 4.69) is 4.98 Å². The Balaban J connectivity index is 1.44. The van der Waals surface area contributed by atoms with E-state index in [9.17, 15) is 9.18 Å². The molecule has 0 radical (unpaired) electrons. The normalized spacial score (nSPS) is 12.2. The van der Waals surface area contributed by atoms with Gasteiger partial charge in [0.1, 0.15) is 18.2 Å². The van der Waals surface area contributed by atoms with E-state index in [1.54, 1.807) is 22.6 Å². The van der Waals surface area contributed by atoms with Crippen molar-refractivity contribution >= 4 is 33.4 Å². The second kappa shape index (κ2) is 7.63. The van der Waals surface area contributed by atoms with Crippen LogP contribution in [-0.2, 0) is 6.61 Å². The Morgan fingerprint density at radius 3 is 2.58 bits per heavy atom. The lowest BCUT2D eigenvalue weighted by Crippen LogP contribution is -2.22. The Labute approximate surface area is 181 Å². The first-order valence-electron chi connectivity index (χ1n) is 9.90. The van der Waals surface area contributed by atoms with Crippen LogP contribution in [0, 0.1) is 19.7 Å². The quantitative estimate of drug-likeness (QED) is 0.412. The molecule has 0 fully saturated rings. The average Bonchev–Trinajstić information content (AvgIpc) is 3.25. The summed E-state index contributed by atoms with van der Waals surface area (Å²) in [5.41, 5.74) is 5.31. The molecule has 5 aromatic rings. The van der Waals surface area contributed by atoms with Crippen LogP contribution in [0.15, 0.2) is 65.5 Å². The minimum atomic E-state index is -0.281. The van der Waals surface area contributed by atoms with Gasteiger partial charge in [0, 0.05) is 5.56 Å². The van der Waals surface area contributed by atoms with Crippen molar-refractivity contribution in [2.45, 2.75) is 20.5 Å². The number of aryl methyl sites for hydroxylation is 2. The average molecular weight is 431 g/mol. The summed E-state index contributed by atoms with van der Waals surface area (Å²) in [7, 11) is 0. The number of thiazole rings is 1. The lowest BCUT2D eigenvalue weighted by Gasteiger charge is -2.07. The van der Waals surface area contributed by atoms with Gasteiger partial charge in [-0.1, -0.05) is 41.7 Å². The summed E-state index contributed by atoms with van der Waals surface area (Å²) in [6.07, 6.45) is 1.86. The fourth-order valence-corrected chi connectivity index (χ4v) is 4.49. The molecule has 4 nitrogen and oxygen atoms in total. The van der Waals surface area contributed by atoms with Crippen LogP contribution in [-0.4, -0.2) is 9.38 Å². The molecule has 0 bridgehead atoms. The van der Waals surface area contributed by atoms with Crippen molar-refractivity contribution in [3.05, 3.63) is 104 Å². The van der Waals surface area contributed by atoms with Gasteiger partial charge in [0.15, 0.2) is 4.96 Å². The molecule has 2 heterocycles. The molecule has 0 aliphatic heterocycles. The molecular formula is C25H19FN2O2S. The second-order valence-electron chi connectivity index (χ2n) is 7.52. The molecule has 0 spiro atoms. The van der Waals surface area contributed by atoms with E-state index < -0.39 is 0 Å². The number of fused-ring (bicyclic) bond motifs is 3. The zero-order valence-corrected chi connectivity index (χ0v) is 17.9. The lowest BCUT2D eigenvalue weighted by molar-refractivity contribution is 0.300. The number of halogens is 1. The highest BCUT2D eigenvalue weighted by atomic mass is 32.1. The monoisotopic (exact) mass is 430 g/mol. The molecule has 0 unspecified atom stereocenters. The molecule has 3 aromatic carbocycles. The minimum Gasteiger partial charge on any atom is -0.489 e. The van der Waals surface area contributed by atoms with Crippen molar-refractivity contribution in [3.63, 3.8) is 0 Å². The molecule has 0 saturated heterocycles. The van der Waals surface area contributed by atoms with Gasteiger partial charge in [-0.15, -0.1) is 0 Å². The molecule has 5 rings (SSSR count). The highest BCUT2D eigenvalue weighted by Gasteiger charge is 2.12. The topological polar surface area (TPSA) is 43.6 Å². The van der Waals surface area contributed by atoms with Gasteiger partial charge < -0.3 is 4.74 Å².